The van der Waals surface area contributed by atoms with Crippen molar-refractivity contribution >= 4 is 47.6 Å². The molecule has 0 aromatic carbocycles. The Hall–Kier alpha value is -0.180. The van der Waals surface area contributed by atoms with E-state index in [2.05, 4.69) is 41.0 Å². The average Bonchev–Trinajstić information content (AvgIpc) is 2.99. The molecule has 0 bridgehead atoms. The molecule has 0 atom stereocenters. The van der Waals surface area contributed by atoms with E-state index >= 15 is 0 Å². The number of halogens is 1. The van der Waals surface area contributed by atoms with Gasteiger partial charge in [-0.05, 0) is 38.9 Å². The molecule has 0 unspecified atom stereocenters. The maximum absolute atomic E-state index is 11.8. The standard InChI is InChI=1S/C16H32N4OS.HI/c1-16(2,22-4)12-20-15(17-3)19-10-9-18-14(21)11-13-7-5-6-8-13;/h13H,5-12H2,1-4H3,(H,18,21)(H2,17,19,20);1H. The van der Waals surface area contributed by atoms with Crippen LogP contribution in [0.15, 0.2) is 4.99 Å². The van der Waals surface area contributed by atoms with Crippen molar-refractivity contribution in [3.05, 3.63) is 0 Å². The van der Waals surface area contributed by atoms with Crippen molar-refractivity contribution in [1.29, 1.82) is 0 Å². The molecule has 0 aromatic rings. The number of thioether (sulfide) groups is 1. The molecule has 23 heavy (non-hydrogen) atoms. The summed E-state index contributed by atoms with van der Waals surface area (Å²) >= 11 is 1.82. The number of nitrogens with one attached hydrogen (secondary N) is 3. The predicted molar refractivity (Wildman–Crippen MR) is 112 cm³/mol. The Morgan fingerprint density at radius 2 is 1.78 bits per heavy atom. The van der Waals surface area contributed by atoms with Gasteiger partial charge in [0.2, 0.25) is 5.91 Å². The van der Waals surface area contributed by atoms with Gasteiger partial charge in [0, 0.05) is 37.8 Å². The summed E-state index contributed by atoms with van der Waals surface area (Å²) in [7, 11) is 1.76. The smallest absolute Gasteiger partial charge is 0.220 e. The molecule has 1 fully saturated rings. The number of rotatable bonds is 8. The van der Waals surface area contributed by atoms with Gasteiger partial charge in [-0.3, -0.25) is 9.79 Å². The lowest BCUT2D eigenvalue weighted by Gasteiger charge is -2.23. The number of hydrogen-bond donors (Lipinski definition) is 3. The molecule has 0 aliphatic heterocycles. The number of guanidine groups is 1. The van der Waals surface area contributed by atoms with Gasteiger partial charge in [-0.1, -0.05) is 12.8 Å². The van der Waals surface area contributed by atoms with E-state index in [1.54, 1.807) is 7.05 Å². The third-order valence-electron chi connectivity index (χ3n) is 4.15. The zero-order chi connectivity index (χ0) is 16.4. The number of nitrogens with zero attached hydrogens (tertiary/aromatic N) is 1. The molecule has 0 radical (unpaired) electrons. The van der Waals surface area contributed by atoms with Crippen LogP contribution in [-0.2, 0) is 4.79 Å². The first kappa shape index (κ1) is 22.8. The van der Waals surface area contributed by atoms with Crippen LogP contribution >= 0.6 is 35.7 Å². The lowest BCUT2D eigenvalue weighted by Crippen LogP contribution is -2.45. The highest BCUT2D eigenvalue weighted by Gasteiger charge is 2.18. The summed E-state index contributed by atoms with van der Waals surface area (Å²) in [5.41, 5.74) is 0. The molecule has 1 aliphatic carbocycles. The van der Waals surface area contributed by atoms with Crippen LogP contribution in [0, 0.1) is 5.92 Å². The van der Waals surface area contributed by atoms with E-state index in [0.29, 0.717) is 25.4 Å². The van der Waals surface area contributed by atoms with E-state index in [-0.39, 0.29) is 34.6 Å². The van der Waals surface area contributed by atoms with Crippen LogP contribution < -0.4 is 16.0 Å². The molecule has 1 saturated carbocycles. The summed E-state index contributed by atoms with van der Waals surface area (Å²) in [6, 6.07) is 0. The molecular formula is C16H33IN4OS. The van der Waals surface area contributed by atoms with Gasteiger partial charge in [-0.25, -0.2) is 0 Å². The topological polar surface area (TPSA) is 65.5 Å². The van der Waals surface area contributed by atoms with Crippen LogP contribution in [0.5, 0.6) is 0 Å². The van der Waals surface area contributed by atoms with Gasteiger partial charge in [-0.2, -0.15) is 11.8 Å². The van der Waals surface area contributed by atoms with Crippen LogP contribution in [-0.4, -0.2) is 49.6 Å². The fourth-order valence-corrected chi connectivity index (χ4v) is 2.74. The summed E-state index contributed by atoms with van der Waals surface area (Å²) in [4.78, 5) is 16.0. The molecule has 7 heteroatoms. The van der Waals surface area contributed by atoms with Gasteiger partial charge in [0.05, 0.1) is 0 Å². The van der Waals surface area contributed by atoms with Crippen LogP contribution in [0.2, 0.25) is 0 Å². The molecule has 0 spiro atoms. The Balaban J connectivity index is 0.00000484. The zero-order valence-corrected chi connectivity index (χ0v) is 18.1. The number of amides is 1. The zero-order valence-electron chi connectivity index (χ0n) is 14.9. The van der Waals surface area contributed by atoms with Gasteiger partial charge in [0.15, 0.2) is 5.96 Å². The predicted octanol–water partition coefficient (Wildman–Crippen LogP) is 2.61. The van der Waals surface area contributed by atoms with Crippen LogP contribution in [0.25, 0.3) is 0 Å². The summed E-state index contributed by atoms with van der Waals surface area (Å²) in [6.45, 7) is 6.57. The summed E-state index contributed by atoms with van der Waals surface area (Å²) in [6.07, 6.45) is 7.80. The first-order valence-corrected chi connectivity index (χ1v) is 9.45. The van der Waals surface area contributed by atoms with Crippen LogP contribution in [0.4, 0.5) is 0 Å². The highest BCUT2D eigenvalue weighted by molar-refractivity contribution is 14.0. The van der Waals surface area contributed by atoms with E-state index in [0.717, 1.165) is 12.5 Å². The van der Waals surface area contributed by atoms with Crippen molar-refractivity contribution in [3.8, 4) is 0 Å². The SMILES string of the molecule is CN=C(NCCNC(=O)CC1CCCC1)NCC(C)(C)SC.I. The second-order valence-electron chi connectivity index (χ2n) is 6.52. The fraction of sp³-hybridized carbons (Fsp3) is 0.875. The first-order chi connectivity index (χ1) is 10.5. The Labute approximate surface area is 162 Å². The van der Waals surface area contributed by atoms with Gasteiger partial charge in [0.25, 0.3) is 0 Å². The van der Waals surface area contributed by atoms with Crippen molar-refractivity contribution in [2.24, 2.45) is 10.9 Å². The van der Waals surface area contributed by atoms with Gasteiger partial charge >= 0.3 is 0 Å². The lowest BCUT2D eigenvalue weighted by molar-refractivity contribution is -0.121. The molecule has 136 valence electrons. The molecule has 0 aromatic heterocycles. The Kier molecular flexibility index (Phi) is 12.1. The third kappa shape index (κ3) is 10.3. The third-order valence-corrected chi connectivity index (χ3v) is 5.40. The van der Waals surface area contributed by atoms with E-state index in [9.17, 15) is 4.79 Å². The fourth-order valence-electron chi connectivity index (χ4n) is 2.52. The van der Waals surface area contributed by atoms with Crippen molar-refractivity contribution in [3.63, 3.8) is 0 Å². The highest BCUT2D eigenvalue weighted by Crippen LogP contribution is 2.27. The minimum absolute atomic E-state index is 0. The molecular weight excluding hydrogens is 423 g/mol. The number of hydrogen-bond acceptors (Lipinski definition) is 3. The molecule has 1 amide bonds. The van der Waals surface area contributed by atoms with E-state index in [1.165, 1.54) is 25.7 Å². The Morgan fingerprint density at radius 1 is 1.17 bits per heavy atom. The molecule has 3 N–H and O–H groups in total. The number of carbonyl (C=O) groups excluding carboxylic acids is 1. The summed E-state index contributed by atoms with van der Waals surface area (Å²) < 4.78 is 0.174. The Bertz CT molecular complexity index is 371. The number of aliphatic imine (C=N–C) groups is 1. The summed E-state index contributed by atoms with van der Waals surface area (Å²) in [5.74, 6) is 1.57. The lowest BCUT2D eigenvalue weighted by atomic mass is 10.0. The van der Waals surface area contributed by atoms with E-state index in [1.807, 2.05) is 11.8 Å². The van der Waals surface area contributed by atoms with Crippen LogP contribution in [0.1, 0.15) is 46.0 Å². The van der Waals surface area contributed by atoms with Crippen molar-refractivity contribution in [1.82, 2.24) is 16.0 Å². The van der Waals surface area contributed by atoms with Gasteiger partial charge < -0.3 is 16.0 Å². The van der Waals surface area contributed by atoms with Crippen LogP contribution in [0.3, 0.4) is 0 Å². The second kappa shape index (κ2) is 12.2. The molecule has 1 aliphatic rings. The summed E-state index contributed by atoms with van der Waals surface area (Å²) in [5, 5.41) is 9.53. The second-order valence-corrected chi connectivity index (χ2v) is 8.03. The normalized spacial score (nSPS) is 15.9. The Morgan fingerprint density at radius 3 is 2.35 bits per heavy atom. The van der Waals surface area contributed by atoms with Gasteiger partial charge in [0.1, 0.15) is 0 Å². The van der Waals surface area contributed by atoms with E-state index < -0.39 is 0 Å². The van der Waals surface area contributed by atoms with Gasteiger partial charge in [-0.15, -0.1) is 24.0 Å². The van der Waals surface area contributed by atoms with Crippen molar-refractivity contribution in [2.75, 3.05) is 32.9 Å². The molecule has 0 heterocycles. The largest absolute Gasteiger partial charge is 0.355 e. The molecule has 0 saturated heterocycles. The van der Waals surface area contributed by atoms with Crippen molar-refractivity contribution < 1.29 is 4.79 Å². The minimum Gasteiger partial charge on any atom is -0.355 e. The maximum Gasteiger partial charge on any atom is 0.220 e. The minimum atomic E-state index is 0. The van der Waals surface area contributed by atoms with E-state index in [4.69, 9.17) is 0 Å². The first-order valence-electron chi connectivity index (χ1n) is 8.23. The molecule has 1 rings (SSSR count). The average molecular weight is 456 g/mol. The molecule has 5 nitrogen and oxygen atoms in total. The monoisotopic (exact) mass is 456 g/mol. The quantitative estimate of drug-likeness (QED) is 0.227. The number of carbonyl (C=O) groups is 1. The van der Waals surface area contributed by atoms with Crippen molar-refractivity contribution in [2.45, 2.75) is 50.7 Å². The highest BCUT2D eigenvalue weighted by atomic mass is 127. The maximum atomic E-state index is 11.8.